The van der Waals surface area contributed by atoms with E-state index >= 15 is 0 Å². The van der Waals surface area contributed by atoms with Crippen molar-refractivity contribution in [2.24, 2.45) is 0 Å². The first-order valence-electron chi connectivity index (χ1n) is 14.4. The average molecular weight is 570 g/mol. The number of carbonyl (C=O) groups excluding carboxylic acids is 1. The Labute approximate surface area is 246 Å². The van der Waals surface area contributed by atoms with E-state index in [1.807, 2.05) is 70.3 Å². The summed E-state index contributed by atoms with van der Waals surface area (Å²) in [5.74, 6) is 1.88. The van der Waals surface area contributed by atoms with E-state index in [9.17, 15) is 4.79 Å². The van der Waals surface area contributed by atoms with Crippen molar-refractivity contribution in [1.29, 1.82) is 0 Å². The molecule has 2 aromatic carbocycles. The molecule has 1 fully saturated rings. The van der Waals surface area contributed by atoms with Crippen LogP contribution in [0.2, 0.25) is 0 Å². The van der Waals surface area contributed by atoms with Crippen molar-refractivity contribution in [1.82, 2.24) is 29.5 Å². The standard InChI is InChI=1S/C32H39N7O3/c1-23(2)37(19-20-41-3)17-8-12-28(40)38-18-7-9-25(21-38)39-32-29(31(33)34-22-35-32)30(36-39)24-13-15-27(16-14-24)42-26-10-5-4-6-11-26/h4-6,8,10-16,22-23,25H,7,9,17-21H2,1-3H3,(H2,33,34,35). The molecule has 0 radical (unpaired) electrons. The van der Waals surface area contributed by atoms with Gasteiger partial charge in [-0.1, -0.05) is 24.3 Å². The van der Waals surface area contributed by atoms with Crippen molar-refractivity contribution in [2.45, 2.75) is 38.8 Å². The molecule has 0 bridgehead atoms. The maximum Gasteiger partial charge on any atom is 0.246 e. The van der Waals surface area contributed by atoms with Crippen molar-refractivity contribution in [3.8, 4) is 22.8 Å². The van der Waals surface area contributed by atoms with E-state index in [1.165, 1.54) is 6.33 Å². The minimum Gasteiger partial charge on any atom is -0.457 e. The quantitative estimate of drug-likeness (QED) is 0.253. The highest BCUT2D eigenvalue weighted by atomic mass is 16.5. The lowest BCUT2D eigenvalue weighted by atomic mass is 10.1. The smallest absolute Gasteiger partial charge is 0.246 e. The highest BCUT2D eigenvalue weighted by Crippen LogP contribution is 2.35. The minimum atomic E-state index is -0.0313. The third-order valence-corrected chi connectivity index (χ3v) is 7.59. The van der Waals surface area contributed by atoms with E-state index in [0.29, 0.717) is 54.8 Å². The molecule has 42 heavy (non-hydrogen) atoms. The van der Waals surface area contributed by atoms with Crippen LogP contribution in [0, 0.1) is 0 Å². The molecule has 1 aliphatic heterocycles. The number of nitrogen functional groups attached to an aromatic ring is 1. The van der Waals surface area contributed by atoms with Gasteiger partial charge in [0.1, 0.15) is 29.3 Å². The average Bonchev–Trinajstić information content (AvgIpc) is 3.40. The van der Waals surface area contributed by atoms with E-state index in [0.717, 1.165) is 36.4 Å². The Bertz CT molecular complexity index is 1500. The van der Waals surface area contributed by atoms with E-state index < -0.39 is 0 Å². The van der Waals surface area contributed by atoms with Crippen molar-refractivity contribution in [3.05, 3.63) is 73.1 Å². The van der Waals surface area contributed by atoms with Gasteiger partial charge in [0.05, 0.1) is 18.0 Å². The van der Waals surface area contributed by atoms with E-state index in [2.05, 4.69) is 28.7 Å². The molecule has 0 aliphatic carbocycles. The summed E-state index contributed by atoms with van der Waals surface area (Å²) in [7, 11) is 1.70. The number of benzene rings is 2. The van der Waals surface area contributed by atoms with Crippen molar-refractivity contribution >= 4 is 22.8 Å². The van der Waals surface area contributed by atoms with Gasteiger partial charge in [0.2, 0.25) is 5.91 Å². The number of hydrogen-bond acceptors (Lipinski definition) is 8. The van der Waals surface area contributed by atoms with Gasteiger partial charge in [0, 0.05) is 51.0 Å². The van der Waals surface area contributed by atoms with E-state index in [4.69, 9.17) is 20.3 Å². The molecule has 2 N–H and O–H groups in total. The van der Waals surface area contributed by atoms with Gasteiger partial charge >= 0.3 is 0 Å². The molecule has 1 saturated heterocycles. The number of para-hydroxylation sites is 1. The molecule has 3 heterocycles. The van der Waals surface area contributed by atoms with Crippen LogP contribution in [0.1, 0.15) is 32.7 Å². The number of nitrogens with zero attached hydrogens (tertiary/aromatic N) is 6. The van der Waals surface area contributed by atoms with Crippen LogP contribution in [0.15, 0.2) is 73.1 Å². The summed E-state index contributed by atoms with van der Waals surface area (Å²) < 4.78 is 13.1. The van der Waals surface area contributed by atoms with Gasteiger partial charge < -0.3 is 20.1 Å². The zero-order valence-electron chi connectivity index (χ0n) is 24.5. The van der Waals surface area contributed by atoms with Crippen molar-refractivity contribution in [3.63, 3.8) is 0 Å². The normalized spacial score (nSPS) is 15.7. The van der Waals surface area contributed by atoms with Gasteiger partial charge in [0.25, 0.3) is 0 Å². The third-order valence-electron chi connectivity index (χ3n) is 7.59. The number of anilines is 1. The van der Waals surface area contributed by atoms with Crippen LogP contribution in [0.4, 0.5) is 5.82 Å². The maximum atomic E-state index is 13.2. The molecular weight excluding hydrogens is 530 g/mol. The highest BCUT2D eigenvalue weighted by Gasteiger charge is 2.28. The van der Waals surface area contributed by atoms with Crippen LogP contribution in [0.5, 0.6) is 11.5 Å². The summed E-state index contributed by atoms with van der Waals surface area (Å²) in [5.41, 5.74) is 8.63. The summed E-state index contributed by atoms with van der Waals surface area (Å²) in [6.45, 7) is 7.73. The first kappa shape index (κ1) is 29.2. The summed E-state index contributed by atoms with van der Waals surface area (Å²) in [6, 6.07) is 17.7. The number of nitrogens with two attached hydrogens (primary N) is 1. The second kappa shape index (κ2) is 13.6. The number of fused-ring (bicyclic) bond motifs is 1. The van der Waals surface area contributed by atoms with Crippen LogP contribution < -0.4 is 10.5 Å². The molecule has 0 saturated carbocycles. The van der Waals surface area contributed by atoms with Gasteiger partial charge in [0.15, 0.2) is 5.65 Å². The fraction of sp³-hybridized carbons (Fsp3) is 0.375. The Morgan fingerprint density at radius 1 is 1.12 bits per heavy atom. The lowest BCUT2D eigenvalue weighted by Crippen LogP contribution is -2.40. The zero-order valence-corrected chi connectivity index (χ0v) is 24.5. The molecule has 10 heteroatoms. The predicted molar refractivity (Wildman–Crippen MR) is 164 cm³/mol. The Kier molecular flexibility index (Phi) is 9.45. The van der Waals surface area contributed by atoms with Gasteiger partial charge in [-0.3, -0.25) is 9.69 Å². The SMILES string of the molecule is COCCN(CC=CC(=O)N1CCCC(n2nc(-c3ccc(Oc4ccccc4)cc3)c3c(N)ncnc32)C1)C(C)C. The molecule has 2 aromatic heterocycles. The third kappa shape index (κ3) is 6.78. The fourth-order valence-electron chi connectivity index (χ4n) is 5.28. The lowest BCUT2D eigenvalue weighted by molar-refractivity contribution is -0.127. The number of ether oxygens (including phenoxy) is 2. The Morgan fingerprint density at radius 3 is 2.62 bits per heavy atom. The number of rotatable bonds is 11. The largest absolute Gasteiger partial charge is 0.457 e. The van der Waals surface area contributed by atoms with Gasteiger partial charge in [-0.25, -0.2) is 14.6 Å². The molecule has 0 spiro atoms. The molecule has 1 aliphatic rings. The van der Waals surface area contributed by atoms with Crippen LogP contribution in [-0.2, 0) is 9.53 Å². The molecule has 10 nitrogen and oxygen atoms in total. The number of carbonyl (C=O) groups is 1. The second-order valence-electron chi connectivity index (χ2n) is 10.8. The number of aromatic nitrogens is 4. The van der Waals surface area contributed by atoms with Crippen molar-refractivity contribution < 1.29 is 14.3 Å². The van der Waals surface area contributed by atoms with E-state index in [1.54, 1.807) is 13.2 Å². The van der Waals surface area contributed by atoms with Gasteiger partial charge in [-0.2, -0.15) is 5.10 Å². The molecule has 220 valence electrons. The summed E-state index contributed by atoms with van der Waals surface area (Å²) >= 11 is 0. The first-order chi connectivity index (χ1) is 20.4. The molecular formula is C32H39N7O3. The number of methoxy groups -OCH3 is 1. The lowest BCUT2D eigenvalue weighted by Gasteiger charge is -2.32. The Hall–Kier alpha value is -4.28. The predicted octanol–water partition coefficient (Wildman–Crippen LogP) is 4.94. The Morgan fingerprint density at radius 2 is 1.88 bits per heavy atom. The molecule has 4 aromatic rings. The summed E-state index contributed by atoms with van der Waals surface area (Å²) in [6.07, 6.45) is 6.86. The van der Waals surface area contributed by atoms with Gasteiger partial charge in [-0.05, 0) is 63.1 Å². The summed E-state index contributed by atoms with van der Waals surface area (Å²) in [5, 5.41) is 5.71. The number of hydrogen-bond donors (Lipinski definition) is 1. The molecule has 5 rings (SSSR count). The monoisotopic (exact) mass is 569 g/mol. The van der Waals surface area contributed by atoms with Crippen LogP contribution in [-0.4, -0.2) is 81.4 Å². The number of likely N-dealkylation sites (tertiary alicyclic amines) is 1. The number of piperidine rings is 1. The first-order valence-corrected chi connectivity index (χ1v) is 14.4. The molecule has 1 unspecified atom stereocenters. The molecule has 1 atom stereocenters. The molecule has 1 amide bonds. The van der Waals surface area contributed by atoms with Crippen LogP contribution >= 0.6 is 0 Å². The number of amides is 1. The topological polar surface area (TPSA) is 112 Å². The van der Waals surface area contributed by atoms with Gasteiger partial charge in [-0.15, -0.1) is 0 Å². The second-order valence-corrected chi connectivity index (χ2v) is 10.8. The maximum absolute atomic E-state index is 13.2. The van der Waals surface area contributed by atoms with E-state index in [-0.39, 0.29) is 11.9 Å². The Balaban J connectivity index is 1.34. The van der Waals surface area contributed by atoms with Crippen LogP contribution in [0.25, 0.3) is 22.3 Å². The zero-order chi connectivity index (χ0) is 29.5. The summed E-state index contributed by atoms with van der Waals surface area (Å²) in [4.78, 5) is 26.1. The highest BCUT2D eigenvalue weighted by molar-refractivity contribution is 5.98. The van der Waals surface area contributed by atoms with Crippen molar-refractivity contribution in [2.75, 3.05) is 45.6 Å². The fourth-order valence-corrected chi connectivity index (χ4v) is 5.28. The van der Waals surface area contributed by atoms with Crippen LogP contribution in [0.3, 0.4) is 0 Å². The minimum absolute atomic E-state index is 0.00924.